The van der Waals surface area contributed by atoms with E-state index in [1.807, 2.05) is 24.3 Å². The van der Waals surface area contributed by atoms with Crippen LogP contribution < -0.4 is 4.74 Å². The van der Waals surface area contributed by atoms with Crippen molar-refractivity contribution in [2.24, 2.45) is 0 Å². The van der Waals surface area contributed by atoms with Crippen molar-refractivity contribution in [1.29, 1.82) is 0 Å². The van der Waals surface area contributed by atoms with Crippen LogP contribution in [0.1, 0.15) is 10.5 Å². The number of nitrogens with zero attached hydrogens (tertiary/aromatic N) is 1. The summed E-state index contributed by atoms with van der Waals surface area (Å²) in [6.45, 7) is 0. The zero-order valence-electron chi connectivity index (χ0n) is 13.0. The van der Waals surface area contributed by atoms with E-state index in [1.54, 1.807) is 18.2 Å². The molecule has 0 fully saturated rings. The van der Waals surface area contributed by atoms with E-state index in [0.29, 0.717) is 5.75 Å². The van der Waals surface area contributed by atoms with E-state index in [4.69, 9.17) is 9.84 Å². The predicted molar refractivity (Wildman–Crippen MR) is 93.8 cm³/mol. The van der Waals surface area contributed by atoms with Crippen LogP contribution in [0.2, 0.25) is 5.21 Å². The van der Waals surface area contributed by atoms with Gasteiger partial charge in [-0.2, -0.15) is 0 Å². The summed E-state index contributed by atoms with van der Waals surface area (Å²) >= 11 is -1.32. The summed E-state index contributed by atoms with van der Waals surface area (Å²) in [6.07, 6.45) is 0. The number of benzene rings is 2. The Morgan fingerprint density at radius 3 is 2.52 bits per heavy atom. The molecule has 0 aliphatic rings. The van der Waals surface area contributed by atoms with Crippen molar-refractivity contribution in [1.82, 2.24) is 4.98 Å². The van der Waals surface area contributed by atoms with E-state index in [-0.39, 0.29) is 27.1 Å². The van der Waals surface area contributed by atoms with E-state index in [2.05, 4.69) is 4.98 Å². The van der Waals surface area contributed by atoms with Crippen LogP contribution in [0, 0.1) is 0 Å². The number of phenolic OH excluding ortho intramolecular Hbond substituents is 1. The molecule has 6 nitrogen and oxygen atoms in total. The topological polar surface area (TPSA) is 96.7 Å². The van der Waals surface area contributed by atoms with Gasteiger partial charge in [-0.1, -0.05) is 0 Å². The van der Waals surface area contributed by atoms with Crippen LogP contribution in [-0.2, 0) is 4.79 Å². The summed E-state index contributed by atoms with van der Waals surface area (Å²) in [5, 5.41) is 19.5. The molecule has 0 aliphatic carbocycles. The fourth-order valence-electron chi connectivity index (χ4n) is 2.23. The Hall–Kier alpha value is -2.85. The van der Waals surface area contributed by atoms with Crippen LogP contribution in [0.25, 0.3) is 10.8 Å². The fraction of sp³-hybridized carbons (Fsp3) is 0.0556. The summed E-state index contributed by atoms with van der Waals surface area (Å²) in [7, 11) is 0. The van der Waals surface area contributed by atoms with Gasteiger partial charge in [0.25, 0.3) is 0 Å². The fourth-order valence-corrected chi connectivity index (χ4v) is 3.54. The first-order chi connectivity index (χ1) is 12.0. The van der Waals surface area contributed by atoms with Gasteiger partial charge < -0.3 is 0 Å². The van der Waals surface area contributed by atoms with E-state index in [1.165, 1.54) is 12.1 Å². The molecule has 0 radical (unpaired) electrons. The van der Waals surface area contributed by atoms with Crippen molar-refractivity contribution in [3.8, 4) is 17.4 Å². The van der Waals surface area contributed by atoms with Crippen LogP contribution in [0.3, 0.4) is 0 Å². The summed E-state index contributed by atoms with van der Waals surface area (Å²) in [5.41, 5.74) is 0.216. The molecule has 1 atom stereocenters. The molecule has 2 aromatic carbocycles. The van der Waals surface area contributed by atoms with Gasteiger partial charge in [-0.05, 0) is 0 Å². The zero-order valence-corrected chi connectivity index (χ0v) is 15.1. The summed E-state index contributed by atoms with van der Waals surface area (Å²) < 4.78 is 5.55. The number of fused-ring (bicyclic) bond motifs is 1. The third-order valence-electron chi connectivity index (χ3n) is 3.39. The molecule has 3 rings (SSSR count). The van der Waals surface area contributed by atoms with Gasteiger partial charge >= 0.3 is 149 Å². The molecule has 1 aromatic heterocycles. The number of rotatable bonds is 6. The summed E-state index contributed by atoms with van der Waals surface area (Å²) in [5.74, 6) is -0.112. The van der Waals surface area contributed by atoms with Crippen molar-refractivity contribution < 1.29 is 24.5 Å². The molecular formula is C18H14AsNO5. The van der Waals surface area contributed by atoms with Crippen molar-refractivity contribution in [3.05, 3.63) is 60.3 Å². The number of aliphatic carboxylic acids is 1. The Bertz CT molecular complexity index is 940. The summed E-state index contributed by atoms with van der Waals surface area (Å²) in [4.78, 5) is 27.3. The molecule has 3 aromatic rings. The van der Waals surface area contributed by atoms with Crippen molar-refractivity contribution >= 4 is 37.1 Å². The number of phenols is 1. The third kappa shape index (κ3) is 4.17. The summed E-state index contributed by atoms with van der Waals surface area (Å²) in [6, 6.07) is 15.2. The van der Waals surface area contributed by atoms with Gasteiger partial charge in [-0.3, -0.25) is 0 Å². The Morgan fingerprint density at radius 2 is 1.80 bits per heavy atom. The quantitative estimate of drug-likeness (QED) is 0.619. The molecule has 126 valence electrons. The molecule has 0 saturated heterocycles. The number of hydrogen-bond donors (Lipinski definition) is 2. The molecule has 25 heavy (non-hydrogen) atoms. The van der Waals surface area contributed by atoms with Gasteiger partial charge in [0.05, 0.1) is 0 Å². The van der Waals surface area contributed by atoms with Crippen molar-refractivity contribution in [2.75, 3.05) is 0 Å². The second kappa shape index (κ2) is 7.36. The van der Waals surface area contributed by atoms with Gasteiger partial charge in [-0.15, -0.1) is 0 Å². The maximum absolute atomic E-state index is 12.3. The monoisotopic (exact) mass is 399 g/mol. The molecular weight excluding hydrogens is 385 g/mol. The molecule has 0 amide bonds. The van der Waals surface area contributed by atoms with Gasteiger partial charge in [0, 0.05) is 0 Å². The van der Waals surface area contributed by atoms with Gasteiger partial charge in [0.1, 0.15) is 0 Å². The molecule has 0 saturated carbocycles. The van der Waals surface area contributed by atoms with E-state index in [0.717, 1.165) is 10.8 Å². The minimum absolute atomic E-state index is 0.119. The zero-order chi connectivity index (χ0) is 17.8. The van der Waals surface area contributed by atoms with Crippen LogP contribution in [-0.4, -0.2) is 41.5 Å². The van der Waals surface area contributed by atoms with Crippen LogP contribution in [0.4, 0.5) is 0 Å². The number of aromatic hydroxyl groups is 1. The second-order valence-electron chi connectivity index (χ2n) is 5.21. The standard InChI is InChI=1S/C18H14AsNO5/c21-12-5-7-13(8-6-12)25-18-14-4-2-1-3-11(14)9-15(20-18)17(24)19-10-16(22)23/h1-9,19,21H,10H2,(H,22,23). The number of aromatic nitrogens is 1. The number of pyridine rings is 1. The SMILES string of the molecule is O=C(O)C[AsH]C(=O)c1cc2ccccc2c(Oc2ccc(O)cc2)n1. The molecule has 1 unspecified atom stereocenters. The molecule has 0 spiro atoms. The number of carboxylic acid groups (broad SMARTS) is 1. The minimum atomic E-state index is -1.32. The number of carbonyl (C=O) groups excluding carboxylic acids is 1. The molecule has 1 heterocycles. The van der Waals surface area contributed by atoms with Crippen LogP contribution >= 0.6 is 0 Å². The molecule has 0 bridgehead atoms. The second-order valence-corrected chi connectivity index (χ2v) is 7.64. The Labute approximate surface area is 149 Å². The number of carbonyl (C=O) groups is 2. The van der Waals surface area contributed by atoms with Crippen molar-refractivity contribution in [3.63, 3.8) is 0 Å². The Balaban J connectivity index is 1.98. The van der Waals surface area contributed by atoms with Crippen LogP contribution in [0.15, 0.2) is 54.6 Å². The van der Waals surface area contributed by atoms with E-state index < -0.39 is 21.7 Å². The first kappa shape index (κ1) is 17.0. The molecule has 7 heteroatoms. The molecule has 2 N–H and O–H groups in total. The average Bonchev–Trinajstić information content (AvgIpc) is 2.61. The maximum atomic E-state index is 12.3. The Morgan fingerprint density at radius 1 is 1.08 bits per heavy atom. The number of carboxylic acids is 1. The Kier molecular flexibility index (Phi) is 5.00. The van der Waals surface area contributed by atoms with Gasteiger partial charge in [0.15, 0.2) is 0 Å². The van der Waals surface area contributed by atoms with Crippen molar-refractivity contribution in [2.45, 2.75) is 5.21 Å². The number of ether oxygens (including phenoxy) is 1. The van der Waals surface area contributed by atoms with Gasteiger partial charge in [-0.25, -0.2) is 0 Å². The normalized spacial score (nSPS) is 11.0. The number of hydrogen-bond acceptors (Lipinski definition) is 5. The van der Waals surface area contributed by atoms with Gasteiger partial charge in [0.2, 0.25) is 0 Å². The predicted octanol–water partition coefficient (Wildman–Crippen LogP) is 2.81. The average molecular weight is 399 g/mol. The van der Waals surface area contributed by atoms with Crippen LogP contribution in [0.5, 0.6) is 17.4 Å². The van der Waals surface area contributed by atoms with E-state index >= 15 is 0 Å². The van der Waals surface area contributed by atoms with E-state index in [9.17, 15) is 14.7 Å². The molecule has 0 aliphatic heterocycles. The first-order valence-corrected chi connectivity index (χ1v) is 9.93. The third-order valence-corrected chi connectivity index (χ3v) is 5.61. The first-order valence-electron chi connectivity index (χ1n) is 7.39.